The minimum Gasteiger partial charge on any atom is -0.494 e. The van der Waals surface area contributed by atoms with Crippen LogP contribution < -0.4 is 10.1 Å². The highest BCUT2D eigenvalue weighted by Crippen LogP contribution is 2.21. The fraction of sp³-hybridized carbons (Fsp3) is 0.286. The maximum Gasteiger partial charge on any atom is 0.246 e. The van der Waals surface area contributed by atoms with Crippen molar-refractivity contribution in [2.24, 2.45) is 0 Å². The molecule has 0 fully saturated rings. The first kappa shape index (κ1) is 23.8. The van der Waals surface area contributed by atoms with Crippen LogP contribution >= 0.6 is 11.8 Å². The van der Waals surface area contributed by atoms with Crippen molar-refractivity contribution in [3.05, 3.63) is 54.4 Å². The highest BCUT2D eigenvalue weighted by Gasteiger charge is 2.23. The molecular formula is C21H24N4O5S2. The molecule has 0 saturated heterocycles. The number of ether oxygens (including phenoxy) is 1. The van der Waals surface area contributed by atoms with E-state index in [0.717, 1.165) is 20.5 Å². The zero-order valence-electron chi connectivity index (χ0n) is 17.9. The Hall–Kier alpha value is -2.89. The van der Waals surface area contributed by atoms with E-state index in [-0.39, 0.29) is 23.9 Å². The lowest BCUT2D eigenvalue weighted by Crippen LogP contribution is -2.38. The minimum atomic E-state index is -3.78. The molecule has 32 heavy (non-hydrogen) atoms. The van der Waals surface area contributed by atoms with Crippen molar-refractivity contribution >= 4 is 27.7 Å². The predicted octanol–water partition coefficient (Wildman–Crippen LogP) is 2.79. The van der Waals surface area contributed by atoms with Gasteiger partial charge in [-0.1, -0.05) is 5.16 Å². The summed E-state index contributed by atoms with van der Waals surface area (Å²) >= 11 is 1.52. The van der Waals surface area contributed by atoms with Gasteiger partial charge in [-0.3, -0.25) is 4.79 Å². The Kier molecular flexibility index (Phi) is 7.89. The van der Waals surface area contributed by atoms with E-state index in [4.69, 9.17) is 9.26 Å². The summed E-state index contributed by atoms with van der Waals surface area (Å²) in [5.74, 6) is 0.843. The van der Waals surface area contributed by atoms with Gasteiger partial charge in [-0.15, -0.1) is 11.8 Å². The Morgan fingerprint density at radius 3 is 2.47 bits per heavy atom. The number of nitrogens with one attached hydrogen (secondary N) is 1. The van der Waals surface area contributed by atoms with Gasteiger partial charge in [0.25, 0.3) is 0 Å². The Labute approximate surface area is 191 Å². The SMILES string of the molecule is CCOc1ccc(-c2noc(CNC(=O)CN(C)S(=O)(=O)c3ccc(SC)cc3)n2)cc1. The molecule has 0 aliphatic carbocycles. The number of thioether (sulfide) groups is 1. The molecule has 0 spiro atoms. The Morgan fingerprint density at radius 1 is 1.16 bits per heavy atom. The summed E-state index contributed by atoms with van der Waals surface area (Å²) in [5, 5.41) is 6.51. The second kappa shape index (κ2) is 10.6. The van der Waals surface area contributed by atoms with Crippen molar-refractivity contribution in [3.63, 3.8) is 0 Å². The summed E-state index contributed by atoms with van der Waals surface area (Å²) < 4.78 is 36.9. The fourth-order valence-corrected chi connectivity index (χ4v) is 4.29. The molecule has 1 aromatic heterocycles. The Morgan fingerprint density at radius 2 is 1.84 bits per heavy atom. The van der Waals surface area contributed by atoms with Gasteiger partial charge >= 0.3 is 0 Å². The zero-order valence-corrected chi connectivity index (χ0v) is 19.6. The van der Waals surface area contributed by atoms with Gasteiger partial charge in [0.2, 0.25) is 27.6 Å². The van der Waals surface area contributed by atoms with Crippen molar-refractivity contribution in [2.75, 3.05) is 26.5 Å². The van der Waals surface area contributed by atoms with E-state index in [9.17, 15) is 13.2 Å². The summed E-state index contributed by atoms with van der Waals surface area (Å²) in [6.45, 7) is 2.13. The van der Waals surface area contributed by atoms with Crippen LogP contribution in [0, 0.1) is 0 Å². The number of aromatic nitrogens is 2. The number of carbonyl (C=O) groups is 1. The molecule has 11 heteroatoms. The molecular weight excluding hydrogens is 452 g/mol. The summed E-state index contributed by atoms with van der Waals surface area (Å²) in [6, 6.07) is 13.7. The number of carbonyl (C=O) groups excluding carboxylic acids is 1. The maximum absolute atomic E-state index is 12.7. The third kappa shape index (κ3) is 5.87. The van der Waals surface area contributed by atoms with E-state index in [1.54, 1.807) is 12.1 Å². The van der Waals surface area contributed by atoms with E-state index in [2.05, 4.69) is 15.5 Å². The van der Waals surface area contributed by atoms with Crippen molar-refractivity contribution in [1.82, 2.24) is 19.8 Å². The van der Waals surface area contributed by atoms with Gasteiger partial charge < -0.3 is 14.6 Å². The summed E-state index contributed by atoms with van der Waals surface area (Å²) in [4.78, 5) is 17.6. The smallest absolute Gasteiger partial charge is 0.246 e. The van der Waals surface area contributed by atoms with Crippen LogP contribution in [-0.2, 0) is 21.4 Å². The summed E-state index contributed by atoms with van der Waals surface area (Å²) in [7, 11) is -2.42. The molecule has 170 valence electrons. The summed E-state index contributed by atoms with van der Waals surface area (Å²) in [6.07, 6.45) is 1.91. The van der Waals surface area contributed by atoms with Gasteiger partial charge in [0.15, 0.2) is 0 Å². The molecule has 0 radical (unpaired) electrons. The maximum atomic E-state index is 12.7. The van der Waals surface area contributed by atoms with Gasteiger partial charge in [-0.05, 0) is 61.7 Å². The first-order chi connectivity index (χ1) is 15.3. The molecule has 3 rings (SSSR count). The molecule has 1 N–H and O–H groups in total. The van der Waals surface area contributed by atoms with Crippen LogP contribution in [0.15, 0.2) is 62.8 Å². The molecule has 3 aromatic rings. The van der Waals surface area contributed by atoms with E-state index < -0.39 is 15.9 Å². The minimum absolute atomic E-state index is 0.0147. The van der Waals surface area contributed by atoms with Crippen molar-refractivity contribution < 1.29 is 22.5 Å². The second-order valence-corrected chi connectivity index (χ2v) is 9.61. The third-order valence-corrected chi connectivity index (χ3v) is 7.02. The molecule has 0 aliphatic rings. The molecule has 0 bridgehead atoms. The van der Waals surface area contributed by atoms with Gasteiger partial charge in [0.05, 0.1) is 24.6 Å². The number of amides is 1. The zero-order chi connectivity index (χ0) is 23.1. The first-order valence-electron chi connectivity index (χ1n) is 9.76. The molecule has 1 amide bonds. The Bertz CT molecular complexity index is 1150. The molecule has 2 aromatic carbocycles. The van der Waals surface area contributed by atoms with Gasteiger partial charge in [-0.2, -0.15) is 9.29 Å². The topological polar surface area (TPSA) is 115 Å². The van der Waals surface area contributed by atoms with Crippen LogP contribution in [0.2, 0.25) is 0 Å². The quantitative estimate of drug-likeness (QED) is 0.444. The number of nitrogens with zero attached hydrogens (tertiary/aromatic N) is 3. The lowest BCUT2D eigenvalue weighted by molar-refractivity contribution is -0.121. The molecule has 0 atom stereocenters. The van der Waals surface area contributed by atoms with Crippen LogP contribution in [0.25, 0.3) is 11.4 Å². The lowest BCUT2D eigenvalue weighted by Gasteiger charge is -2.16. The predicted molar refractivity (Wildman–Crippen MR) is 121 cm³/mol. The number of benzene rings is 2. The number of rotatable bonds is 10. The van der Waals surface area contributed by atoms with E-state index in [0.29, 0.717) is 12.4 Å². The number of likely N-dealkylation sites (N-methyl/N-ethyl adjacent to an activating group) is 1. The number of hydrogen-bond acceptors (Lipinski definition) is 8. The van der Waals surface area contributed by atoms with Crippen LogP contribution in [0.4, 0.5) is 0 Å². The fourth-order valence-electron chi connectivity index (χ4n) is 2.76. The van der Waals surface area contributed by atoms with Gasteiger partial charge in [0, 0.05) is 17.5 Å². The molecule has 0 aliphatic heterocycles. The Balaban J connectivity index is 1.55. The number of sulfonamides is 1. The average Bonchev–Trinajstić information content (AvgIpc) is 3.27. The average molecular weight is 477 g/mol. The second-order valence-electron chi connectivity index (χ2n) is 6.68. The normalized spacial score (nSPS) is 11.5. The highest BCUT2D eigenvalue weighted by molar-refractivity contribution is 7.98. The van der Waals surface area contributed by atoms with E-state index in [1.807, 2.05) is 37.4 Å². The van der Waals surface area contributed by atoms with E-state index >= 15 is 0 Å². The standard InChI is InChI=1S/C21H24N4O5S2/c1-4-29-16-7-5-15(6-8-16)21-23-20(30-24-21)13-22-19(26)14-25(2)32(27,28)18-11-9-17(31-3)10-12-18/h5-12H,4,13-14H2,1-3H3,(H,22,26). The van der Waals surface area contributed by atoms with Crippen molar-refractivity contribution in [1.29, 1.82) is 0 Å². The molecule has 1 heterocycles. The lowest BCUT2D eigenvalue weighted by atomic mass is 10.2. The van der Waals surface area contributed by atoms with Crippen molar-refractivity contribution in [3.8, 4) is 17.1 Å². The van der Waals surface area contributed by atoms with Gasteiger partial charge in [-0.25, -0.2) is 8.42 Å². The van der Waals surface area contributed by atoms with E-state index in [1.165, 1.54) is 30.9 Å². The monoisotopic (exact) mass is 476 g/mol. The largest absolute Gasteiger partial charge is 0.494 e. The van der Waals surface area contributed by atoms with Crippen LogP contribution in [0.3, 0.4) is 0 Å². The first-order valence-corrected chi connectivity index (χ1v) is 12.4. The molecule has 0 saturated carbocycles. The van der Waals surface area contributed by atoms with Crippen LogP contribution in [0.1, 0.15) is 12.8 Å². The number of hydrogen-bond donors (Lipinski definition) is 1. The highest BCUT2D eigenvalue weighted by atomic mass is 32.2. The third-order valence-electron chi connectivity index (χ3n) is 4.46. The summed E-state index contributed by atoms with van der Waals surface area (Å²) in [5.41, 5.74) is 0.744. The van der Waals surface area contributed by atoms with Crippen LogP contribution in [0.5, 0.6) is 5.75 Å². The van der Waals surface area contributed by atoms with Crippen LogP contribution in [-0.4, -0.2) is 55.2 Å². The van der Waals surface area contributed by atoms with Gasteiger partial charge in [0.1, 0.15) is 5.75 Å². The van der Waals surface area contributed by atoms with Crippen molar-refractivity contribution in [2.45, 2.75) is 23.3 Å². The molecule has 0 unspecified atom stereocenters. The molecule has 9 nitrogen and oxygen atoms in total.